The Hall–Kier alpha value is -2.60. The van der Waals surface area contributed by atoms with Gasteiger partial charge in [-0.25, -0.2) is 0 Å². The van der Waals surface area contributed by atoms with Gasteiger partial charge in [0.1, 0.15) is 5.75 Å². The Morgan fingerprint density at radius 1 is 1.12 bits per heavy atom. The number of carbonyl (C=O) groups excluding carboxylic acids is 1. The van der Waals surface area contributed by atoms with Crippen LogP contribution in [0.2, 0.25) is 0 Å². The second kappa shape index (κ2) is 8.19. The van der Waals surface area contributed by atoms with Crippen LogP contribution in [0, 0.1) is 6.92 Å². The third kappa shape index (κ3) is 4.14. The summed E-state index contributed by atoms with van der Waals surface area (Å²) in [4.78, 5) is 11.6. The molecule has 0 atom stereocenters. The van der Waals surface area contributed by atoms with Crippen molar-refractivity contribution in [3.63, 3.8) is 0 Å². The molecule has 0 fully saturated rings. The van der Waals surface area contributed by atoms with Crippen LogP contribution in [0.4, 0.5) is 0 Å². The van der Waals surface area contributed by atoms with Crippen molar-refractivity contribution in [2.75, 3.05) is 12.4 Å². The fourth-order valence-corrected chi connectivity index (χ4v) is 3.29. The smallest absolute Gasteiger partial charge is 0.191 e. The first-order valence-electron chi connectivity index (χ1n) is 8.38. The molecule has 0 N–H and O–H groups in total. The van der Waals surface area contributed by atoms with Crippen LogP contribution < -0.4 is 4.74 Å². The maximum Gasteiger partial charge on any atom is 0.191 e. The van der Waals surface area contributed by atoms with Crippen LogP contribution in [0.15, 0.2) is 53.7 Å². The van der Waals surface area contributed by atoms with Crippen LogP contribution in [0.1, 0.15) is 22.8 Å². The quantitative estimate of drug-likeness (QED) is 0.356. The van der Waals surface area contributed by atoms with E-state index in [1.807, 2.05) is 29.8 Å². The predicted octanol–water partition coefficient (Wildman–Crippen LogP) is 4.16. The number of hydrogen-bond acceptors (Lipinski definition) is 5. The van der Waals surface area contributed by atoms with Gasteiger partial charge < -0.3 is 9.30 Å². The molecule has 0 aliphatic rings. The predicted molar refractivity (Wildman–Crippen MR) is 104 cm³/mol. The lowest BCUT2D eigenvalue weighted by atomic mass is 10.1. The van der Waals surface area contributed by atoms with Gasteiger partial charge in [-0.15, -0.1) is 10.2 Å². The summed E-state index contributed by atoms with van der Waals surface area (Å²) in [5, 5.41) is 9.40. The fraction of sp³-hybridized carbons (Fsp3) is 0.250. The van der Waals surface area contributed by atoms with E-state index in [1.54, 1.807) is 24.8 Å². The minimum Gasteiger partial charge on any atom is -0.492 e. The molecule has 26 heavy (non-hydrogen) atoms. The third-order valence-electron chi connectivity index (χ3n) is 3.98. The van der Waals surface area contributed by atoms with Gasteiger partial charge in [-0.3, -0.25) is 4.79 Å². The minimum absolute atomic E-state index is 0.00398. The second-order valence-corrected chi connectivity index (χ2v) is 7.04. The first kappa shape index (κ1) is 18.2. The molecule has 0 aliphatic carbocycles. The Morgan fingerprint density at radius 2 is 1.85 bits per heavy atom. The zero-order valence-corrected chi connectivity index (χ0v) is 15.9. The Kier molecular flexibility index (Phi) is 5.73. The minimum atomic E-state index is 0.00398. The van der Waals surface area contributed by atoms with Crippen LogP contribution in [0.3, 0.4) is 0 Å². The van der Waals surface area contributed by atoms with Crippen LogP contribution >= 0.6 is 11.8 Å². The maximum absolute atomic E-state index is 11.6. The van der Waals surface area contributed by atoms with Crippen LogP contribution in [-0.2, 0) is 7.05 Å². The van der Waals surface area contributed by atoms with Gasteiger partial charge in [-0.1, -0.05) is 53.7 Å². The third-order valence-corrected chi connectivity index (χ3v) is 4.97. The molecular weight excluding hydrogens is 346 g/mol. The molecule has 0 saturated carbocycles. The molecule has 0 radical (unpaired) electrons. The van der Waals surface area contributed by atoms with Crippen molar-refractivity contribution in [1.29, 1.82) is 0 Å². The van der Waals surface area contributed by atoms with Crippen molar-refractivity contribution < 1.29 is 9.53 Å². The Labute approximate surface area is 157 Å². The van der Waals surface area contributed by atoms with E-state index in [9.17, 15) is 4.79 Å². The Morgan fingerprint density at radius 3 is 2.58 bits per heavy atom. The van der Waals surface area contributed by atoms with E-state index in [4.69, 9.17) is 4.74 Å². The van der Waals surface area contributed by atoms with Crippen LogP contribution in [-0.4, -0.2) is 32.9 Å². The number of aromatic nitrogens is 3. The van der Waals surface area contributed by atoms with E-state index in [-0.39, 0.29) is 5.78 Å². The molecule has 0 saturated heterocycles. The highest BCUT2D eigenvalue weighted by Crippen LogP contribution is 2.23. The summed E-state index contributed by atoms with van der Waals surface area (Å²) in [6.45, 7) is 4.09. The number of aryl methyl sites for hydroxylation is 1. The van der Waals surface area contributed by atoms with Crippen molar-refractivity contribution in [2.45, 2.75) is 19.0 Å². The molecule has 3 rings (SSSR count). The summed E-state index contributed by atoms with van der Waals surface area (Å²) in [5.41, 5.74) is 2.87. The zero-order chi connectivity index (χ0) is 18.5. The van der Waals surface area contributed by atoms with E-state index in [2.05, 4.69) is 41.4 Å². The van der Waals surface area contributed by atoms with Crippen LogP contribution in [0.5, 0.6) is 5.75 Å². The summed E-state index contributed by atoms with van der Waals surface area (Å²) in [6.07, 6.45) is 0. The fourth-order valence-electron chi connectivity index (χ4n) is 2.56. The number of para-hydroxylation sites is 1. The summed E-state index contributed by atoms with van der Waals surface area (Å²) in [5.74, 6) is 2.19. The molecule has 0 amide bonds. The van der Waals surface area contributed by atoms with Gasteiger partial charge in [-0.05, 0) is 26.0 Å². The summed E-state index contributed by atoms with van der Waals surface area (Å²) >= 11 is 1.58. The van der Waals surface area contributed by atoms with Crippen molar-refractivity contribution in [2.24, 2.45) is 7.05 Å². The summed E-state index contributed by atoms with van der Waals surface area (Å²) in [6, 6.07) is 15.5. The van der Waals surface area contributed by atoms with Crippen LogP contribution in [0.25, 0.3) is 11.4 Å². The number of nitrogens with zero attached hydrogens (tertiary/aromatic N) is 3. The monoisotopic (exact) mass is 367 g/mol. The number of benzene rings is 2. The largest absolute Gasteiger partial charge is 0.492 e. The SMILES string of the molecule is CC(=O)c1ccccc1OCCSc1nnc(-c2ccc(C)cc2)n1C. The molecule has 0 spiro atoms. The van der Waals surface area contributed by atoms with E-state index in [1.165, 1.54) is 5.56 Å². The molecule has 1 aromatic heterocycles. The van der Waals surface area contributed by atoms with E-state index < -0.39 is 0 Å². The molecule has 2 aromatic carbocycles. The van der Waals surface area contributed by atoms with Gasteiger partial charge in [0.25, 0.3) is 0 Å². The van der Waals surface area contributed by atoms with E-state index in [0.717, 1.165) is 16.5 Å². The van der Waals surface area contributed by atoms with Crippen molar-refractivity contribution in [3.05, 3.63) is 59.7 Å². The number of hydrogen-bond donors (Lipinski definition) is 0. The molecule has 5 nitrogen and oxygen atoms in total. The summed E-state index contributed by atoms with van der Waals surface area (Å²) in [7, 11) is 1.96. The van der Waals surface area contributed by atoms with E-state index in [0.29, 0.717) is 23.7 Å². The average molecular weight is 367 g/mol. The first-order chi connectivity index (χ1) is 12.6. The molecular formula is C20H21N3O2S. The lowest BCUT2D eigenvalue weighted by Crippen LogP contribution is -2.05. The second-order valence-electron chi connectivity index (χ2n) is 5.98. The zero-order valence-electron chi connectivity index (χ0n) is 15.1. The standard InChI is InChI=1S/C20H21N3O2S/c1-14-8-10-16(11-9-14)19-21-22-20(23(19)3)26-13-12-25-18-7-5-4-6-17(18)15(2)24/h4-11H,12-13H2,1-3H3. The highest BCUT2D eigenvalue weighted by molar-refractivity contribution is 7.99. The number of Topliss-reactive ketones (excluding diaryl/α,β-unsaturated/α-hetero) is 1. The number of thioether (sulfide) groups is 1. The number of carbonyl (C=O) groups is 1. The normalized spacial score (nSPS) is 10.7. The highest BCUT2D eigenvalue weighted by Gasteiger charge is 2.12. The Balaban J connectivity index is 1.59. The van der Waals surface area contributed by atoms with Gasteiger partial charge in [0.05, 0.1) is 12.2 Å². The summed E-state index contributed by atoms with van der Waals surface area (Å²) < 4.78 is 7.75. The number of ether oxygens (including phenoxy) is 1. The molecule has 6 heteroatoms. The van der Waals surface area contributed by atoms with Gasteiger partial charge in [-0.2, -0.15) is 0 Å². The number of ketones is 1. The first-order valence-corrected chi connectivity index (χ1v) is 9.37. The lowest BCUT2D eigenvalue weighted by Gasteiger charge is -2.09. The van der Waals surface area contributed by atoms with Crippen molar-refractivity contribution in [3.8, 4) is 17.1 Å². The van der Waals surface area contributed by atoms with Crippen molar-refractivity contribution >= 4 is 17.5 Å². The number of rotatable bonds is 7. The van der Waals surface area contributed by atoms with Gasteiger partial charge in [0.15, 0.2) is 16.8 Å². The molecule has 134 valence electrons. The lowest BCUT2D eigenvalue weighted by molar-refractivity contribution is 0.101. The highest BCUT2D eigenvalue weighted by atomic mass is 32.2. The average Bonchev–Trinajstić information content (AvgIpc) is 3.00. The van der Waals surface area contributed by atoms with Gasteiger partial charge in [0.2, 0.25) is 0 Å². The molecule has 0 bridgehead atoms. The molecule has 0 aliphatic heterocycles. The van der Waals surface area contributed by atoms with Gasteiger partial charge >= 0.3 is 0 Å². The molecule has 3 aromatic rings. The van der Waals surface area contributed by atoms with E-state index >= 15 is 0 Å². The van der Waals surface area contributed by atoms with Crippen molar-refractivity contribution in [1.82, 2.24) is 14.8 Å². The maximum atomic E-state index is 11.6. The Bertz CT molecular complexity index is 904. The van der Waals surface area contributed by atoms with Gasteiger partial charge in [0, 0.05) is 18.4 Å². The molecule has 1 heterocycles. The topological polar surface area (TPSA) is 57.0 Å². The molecule has 0 unspecified atom stereocenters.